The third-order valence-electron chi connectivity index (χ3n) is 3.73. The first-order valence-electron chi connectivity index (χ1n) is 6.27. The largest absolute Gasteiger partial charge is 0.468 e. The normalized spacial score (nSPS) is 16.8. The number of carbonyl (C=O) groups excluding carboxylic acids is 1. The Morgan fingerprint density at radius 3 is 2.89 bits per heavy atom. The lowest BCUT2D eigenvalue weighted by atomic mass is 10.1. The van der Waals surface area contributed by atoms with Crippen molar-refractivity contribution in [2.45, 2.75) is 31.6 Å². The molecule has 18 heavy (non-hydrogen) atoms. The van der Waals surface area contributed by atoms with Gasteiger partial charge < -0.3 is 9.72 Å². The monoisotopic (exact) mass is 244 g/mol. The number of fused-ring (bicyclic) bond motifs is 1. The Bertz CT molecular complexity index is 611. The zero-order valence-electron chi connectivity index (χ0n) is 10.6. The number of carbonyl (C=O) groups is 1. The molecule has 4 nitrogen and oxygen atoms in total. The van der Waals surface area contributed by atoms with Crippen LogP contribution in [-0.2, 0) is 21.4 Å². The van der Waals surface area contributed by atoms with E-state index < -0.39 is 5.41 Å². The second-order valence-corrected chi connectivity index (χ2v) is 4.86. The molecule has 0 spiro atoms. The lowest BCUT2D eigenvalue weighted by Crippen LogP contribution is -2.23. The number of aromatic amines is 1. The summed E-state index contributed by atoms with van der Waals surface area (Å²) in [6.45, 7) is 2.12. The summed E-state index contributed by atoms with van der Waals surface area (Å²) in [6, 6.07) is 6.17. The highest BCUT2D eigenvalue weighted by atomic mass is 16.5. The van der Waals surface area contributed by atoms with Crippen LogP contribution < -0.4 is 0 Å². The number of aryl methyl sites for hydroxylation is 1. The molecule has 1 aliphatic carbocycles. The number of H-pyrrole nitrogens is 1. The molecule has 94 valence electrons. The van der Waals surface area contributed by atoms with Gasteiger partial charge in [0.2, 0.25) is 0 Å². The number of nitrogens with one attached hydrogen (secondary N) is 1. The maximum Gasteiger partial charge on any atom is 0.319 e. The summed E-state index contributed by atoms with van der Waals surface area (Å²) in [4.78, 5) is 19.6. The predicted octanol–water partition coefficient (Wildman–Crippen LogP) is 2.33. The van der Waals surface area contributed by atoms with Gasteiger partial charge in [-0.15, -0.1) is 0 Å². The van der Waals surface area contributed by atoms with Gasteiger partial charge in [0.05, 0.1) is 18.1 Å². The Kier molecular flexibility index (Phi) is 2.40. The number of ether oxygens (including phenoxy) is 1. The molecular formula is C14H16N2O2. The first kappa shape index (κ1) is 11.3. The molecule has 2 aromatic rings. The van der Waals surface area contributed by atoms with Crippen molar-refractivity contribution in [2.24, 2.45) is 0 Å². The lowest BCUT2D eigenvalue weighted by Gasteiger charge is -2.08. The molecule has 0 radical (unpaired) electrons. The van der Waals surface area contributed by atoms with Crippen LogP contribution in [0.5, 0.6) is 0 Å². The molecule has 3 rings (SSSR count). The van der Waals surface area contributed by atoms with Crippen LogP contribution in [0.1, 0.15) is 31.2 Å². The van der Waals surface area contributed by atoms with Gasteiger partial charge >= 0.3 is 5.97 Å². The van der Waals surface area contributed by atoms with Crippen LogP contribution in [0.15, 0.2) is 18.2 Å². The lowest BCUT2D eigenvalue weighted by molar-refractivity contribution is -0.143. The highest BCUT2D eigenvalue weighted by molar-refractivity contribution is 5.87. The van der Waals surface area contributed by atoms with Crippen LogP contribution in [0.25, 0.3) is 11.0 Å². The number of hydrogen-bond donors (Lipinski definition) is 1. The third kappa shape index (κ3) is 1.52. The summed E-state index contributed by atoms with van der Waals surface area (Å²) in [5.41, 5.74) is 2.66. The topological polar surface area (TPSA) is 55.0 Å². The quantitative estimate of drug-likeness (QED) is 0.843. The maximum atomic E-state index is 11.8. The van der Waals surface area contributed by atoms with Crippen molar-refractivity contribution in [3.63, 3.8) is 0 Å². The zero-order valence-corrected chi connectivity index (χ0v) is 10.6. The van der Waals surface area contributed by atoms with Gasteiger partial charge in [-0.05, 0) is 37.0 Å². The first-order chi connectivity index (χ1) is 8.69. The molecule has 1 aromatic heterocycles. The van der Waals surface area contributed by atoms with Crippen molar-refractivity contribution < 1.29 is 9.53 Å². The van der Waals surface area contributed by atoms with Crippen molar-refractivity contribution in [2.75, 3.05) is 7.11 Å². The van der Waals surface area contributed by atoms with E-state index in [0.717, 1.165) is 36.1 Å². The summed E-state index contributed by atoms with van der Waals surface area (Å²) < 4.78 is 4.87. The first-order valence-corrected chi connectivity index (χ1v) is 6.27. The van der Waals surface area contributed by atoms with Crippen LogP contribution in [0.4, 0.5) is 0 Å². The minimum absolute atomic E-state index is 0.183. The Morgan fingerprint density at radius 1 is 1.50 bits per heavy atom. The second kappa shape index (κ2) is 3.83. The molecule has 1 fully saturated rings. The summed E-state index contributed by atoms with van der Waals surface area (Å²) in [6.07, 6.45) is 2.63. The summed E-state index contributed by atoms with van der Waals surface area (Å²) >= 11 is 0. The molecule has 1 aliphatic rings. The number of aromatic nitrogens is 2. The molecule has 0 bridgehead atoms. The van der Waals surface area contributed by atoms with Crippen molar-refractivity contribution >= 4 is 17.0 Å². The minimum atomic E-state index is -0.514. The van der Waals surface area contributed by atoms with Crippen LogP contribution in [-0.4, -0.2) is 23.0 Å². The van der Waals surface area contributed by atoms with E-state index in [0.29, 0.717) is 0 Å². The SMILES string of the molecule is CCc1ccc2nc(C3(C(=O)OC)CC3)[nH]c2c1. The van der Waals surface area contributed by atoms with Crippen molar-refractivity contribution in [1.29, 1.82) is 0 Å². The van der Waals surface area contributed by atoms with E-state index in [1.807, 2.05) is 6.07 Å². The summed E-state index contributed by atoms with van der Waals surface area (Å²) in [7, 11) is 1.43. The van der Waals surface area contributed by atoms with Gasteiger partial charge in [-0.1, -0.05) is 13.0 Å². The maximum absolute atomic E-state index is 11.8. The van der Waals surface area contributed by atoms with Crippen molar-refractivity contribution in [1.82, 2.24) is 9.97 Å². The molecule has 0 unspecified atom stereocenters. The van der Waals surface area contributed by atoms with E-state index in [4.69, 9.17) is 4.74 Å². The molecule has 4 heteroatoms. The molecule has 0 atom stereocenters. The standard InChI is InChI=1S/C14H16N2O2/c1-3-9-4-5-10-11(8-9)16-12(15-10)14(6-7-14)13(17)18-2/h4-5,8H,3,6-7H2,1-2H3,(H,15,16). The van der Waals surface area contributed by atoms with Gasteiger partial charge in [-0.25, -0.2) is 4.98 Å². The predicted molar refractivity (Wildman–Crippen MR) is 68.4 cm³/mol. The number of hydrogen-bond acceptors (Lipinski definition) is 3. The van der Waals surface area contributed by atoms with Crippen LogP contribution >= 0.6 is 0 Å². The number of esters is 1. The molecule has 1 N–H and O–H groups in total. The summed E-state index contributed by atoms with van der Waals surface area (Å²) in [5, 5.41) is 0. The van der Waals surface area contributed by atoms with Gasteiger partial charge in [-0.2, -0.15) is 0 Å². The van der Waals surface area contributed by atoms with E-state index in [2.05, 4.69) is 29.0 Å². The average Bonchev–Trinajstić information content (AvgIpc) is 3.11. The molecule has 1 heterocycles. The fourth-order valence-electron chi connectivity index (χ4n) is 2.36. The van der Waals surface area contributed by atoms with Gasteiger partial charge in [0.15, 0.2) is 0 Å². The fraction of sp³-hybridized carbons (Fsp3) is 0.429. The highest BCUT2D eigenvalue weighted by Crippen LogP contribution is 2.48. The van der Waals surface area contributed by atoms with E-state index >= 15 is 0 Å². The van der Waals surface area contributed by atoms with E-state index in [1.165, 1.54) is 12.7 Å². The molecule has 0 aliphatic heterocycles. The molecule has 1 aromatic carbocycles. The Balaban J connectivity index is 2.06. The Labute approximate surface area is 105 Å². The number of methoxy groups -OCH3 is 1. The smallest absolute Gasteiger partial charge is 0.319 e. The highest BCUT2D eigenvalue weighted by Gasteiger charge is 2.55. The number of nitrogens with zero attached hydrogens (tertiary/aromatic N) is 1. The van der Waals surface area contributed by atoms with Gasteiger partial charge in [-0.3, -0.25) is 4.79 Å². The van der Waals surface area contributed by atoms with Crippen molar-refractivity contribution in [3.8, 4) is 0 Å². The van der Waals surface area contributed by atoms with Gasteiger partial charge in [0.25, 0.3) is 0 Å². The fourth-order valence-corrected chi connectivity index (χ4v) is 2.36. The number of imidazole rings is 1. The molecular weight excluding hydrogens is 228 g/mol. The average molecular weight is 244 g/mol. The molecule has 0 saturated heterocycles. The van der Waals surface area contributed by atoms with E-state index in [-0.39, 0.29) is 5.97 Å². The number of rotatable bonds is 3. The van der Waals surface area contributed by atoms with Crippen molar-refractivity contribution in [3.05, 3.63) is 29.6 Å². The number of benzene rings is 1. The Morgan fingerprint density at radius 2 is 2.28 bits per heavy atom. The summed E-state index contributed by atoms with van der Waals surface area (Å²) in [5.74, 6) is 0.565. The van der Waals surface area contributed by atoms with Gasteiger partial charge in [0, 0.05) is 0 Å². The molecule has 1 saturated carbocycles. The Hall–Kier alpha value is -1.84. The zero-order chi connectivity index (χ0) is 12.8. The van der Waals surface area contributed by atoms with Gasteiger partial charge in [0.1, 0.15) is 11.2 Å². The van der Waals surface area contributed by atoms with E-state index in [9.17, 15) is 4.79 Å². The van der Waals surface area contributed by atoms with E-state index in [1.54, 1.807) is 0 Å². The van der Waals surface area contributed by atoms with Crippen LogP contribution in [0, 0.1) is 0 Å². The van der Waals surface area contributed by atoms with Crippen LogP contribution in [0.2, 0.25) is 0 Å². The minimum Gasteiger partial charge on any atom is -0.468 e. The van der Waals surface area contributed by atoms with Crippen LogP contribution in [0.3, 0.4) is 0 Å². The second-order valence-electron chi connectivity index (χ2n) is 4.86. The molecule has 0 amide bonds. The third-order valence-corrected chi connectivity index (χ3v) is 3.73.